The molecule has 1 unspecified atom stereocenters. The van der Waals surface area contributed by atoms with Gasteiger partial charge in [0.05, 0.1) is 0 Å². The summed E-state index contributed by atoms with van der Waals surface area (Å²) >= 11 is 0. The number of carbonyl (C=O) groups excluding carboxylic acids is 3. The summed E-state index contributed by atoms with van der Waals surface area (Å²) in [6, 6.07) is 6.92. The molecule has 0 spiro atoms. The van der Waals surface area contributed by atoms with Gasteiger partial charge in [0.2, 0.25) is 11.8 Å². The third kappa shape index (κ3) is 5.17. The van der Waals surface area contributed by atoms with Crippen LogP contribution in [0.25, 0.3) is 0 Å². The minimum atomic E-state index is -0.655. The van der Waals surface area contributed by atoms with Gasteiger partial charge in [0, 0.05) is 50.4 Å². The first-order valence-corrected chi connectivity index (χ1v) is 11.0. The van der Waals surface area contributed by atoms with Crippen molar-refractivity contribution in [2.75, 3.05) is 50.7 Å². The molecule has 0 saturated carbocycles. The minimum absolute atomic E-state index is 0.248. The van der Waals surface area contributed by atoms with Crippen molar-refractivity contribution in [2.24, 2.45) is 5.92 Å². The van der Waals surface area contributed by atoms with Gasteiger partial charge in [-0.2, -0.15) is 0 Å². The first-order valence-electron chi connectivity index (χ1n) is 11.0. The lowest BCUT2D eigenvalue weighted by atomic mass is 9.97. The number of benzene rings is 1. The zero-order chi connectivity index (χ0) is 20.9. The topological polar surface area (TPSA) is 93.8 Å². The first kappa shape index (κ1) is 20.8. The number of amides is 3. The van der Waals surface area contributed by atoms with E-state index >= 15 is 0 Å². The number of carbonyl (C=O) groups is 3. The van der Waals surface area contributed by atoms with Gasteiger partial charge >= 0.3 is 0 Å². The lowest BCUT2D eigenvalue weighted by Crippen LogP contribution is -2.52. The van der Waals surface area contributed by atoms with Gasteiger partial charge < -0.3 is 15.5 Å². The Bertz CT molecular complexity index is 785. The normalized spacial score (nSPS) is 23.9. The molecular formula is C22H31N5O3. The molecule has 3 N–H and O–H groups in total. The number of nitrogens with zero attached hydrogens (tertiary/aromatic N) is 2. The van der Waals surface area contributed by atoms with Gasteiger partial charge in [-0.1, -0.05) is 6.07 Å². The zero-order valence-electron chi connectivity index (χ0n) is 17.4. The zero-order valence-corrected chi connectivity index (χ0v) is 17.4. The number of imide groups is 1. The number of rotatable bonds is 5. The molecule has 3 fully saturated rings. The van der Waals surface area contributed by atoms with Crippen molar-refractivity contribution in [2.45, 2.75) is 31.7 Å². The summed E-state index contributed by atoms with van der Waals surface area (Å²) in [6.07, 6.45) is 3.13. The highest BCUT2D eigenvalue weighted by Gasteiger charge is 2.28. The molecule has 0 aliphatic carbocycles. The van der Waals surface area contributed by atoms with Crippen molar-refractivity contribution in [3.8, 4) is 0 Å². The highest BCUT2D eigenvalue weighted by Crippen LogP contribution is 2.20. The van der Waals surface area contributed by atoms with E-state index in [1.165, 1.54) is 19.4 Å². The summed E-state index contributed by atoms with van der Waals surface area (Å²) in [5.74, 6) is -0.194. The Hall–Kier alpha value is -2.45. The van der Waals surface area contributed by atoms with Crippen LogP contribution in [0.1, 0.15) is 36.0 Å². The Morgan fingerprint density at radius 3 is 2.57 bits per heavy atom. The summed E-state index contributed by atoms with van der Waals surface area (Å²) in [7, 11) is 0. The van der Waals surface area contributed by atoms with Crippen LogP contribution in [0, 0.1) is 5.92 Å². The van der Waals surface area contributed by atoms with Gasteiger partial charge in [-0.25, -0.2) is 0 Å². The van der Waals surface area contributed by atoms with Crippen molar-refractivity contribution in [1.29, 1.82) is 0 Å². The Labute approximate surface area is 177 Å². The molecule has 30 heavy (non-hydrogen) atoms. The van der Waals surface area contributed by atoms with E-state index in [1.54, 1.807) is 6.07 Å². The molecule has 162 valence electrons. The Kier molecular flexibility index (Phi) is 6.64. The summed E-state index contributed by atoms with van der Waals surface area (Å²) in [5, 5.41) is 8.46. The van der Waals surface area contributed by atoms with Crippen molar-refractivity contribution in [3.05, 3.63) is 29.8 Å². The molecule has 0 aromatic heterocycles. The fourth-order valence-corrected chi connectivity index (χ4v) is 4.53. The van der Waals surface area contributed by atoms with E-state index in [9.17, 15) is 14.4 Å². The third-order valence-electron chi connectivity index (χ3n) is 6.37. The van der Waals surface area contributed by atoms with E-state index in [4.69, 9.17) is 0 Å². The van der Waals surface area contributed by atoms with E-state index in [1.807, 2.05) is 18.2 Å². The van der Waals surface area contributed by atoms with Crippen LogP contribution in [-0.2, 0) is 9.59 Å². The lowest BCUT2D eigenvalue weighted by Gasteiger charge is -2.38. The predicted molar refractivity (Wildman–Crippen MR) is 114 cm³/mol. The maximum Gasteiger partial charge on any atom is 0.252 e. The number of anilines is 1. The number of piperidine rings is 2. The molecule has 8 nitrogen and oxygen atoms in total. The molecule has 3 heterocycles. The van der Waals surface area contributed by atoms with Crippen LogP contribution in [-0.4, -0.2) is 74.5 Å². The average molecular weight is 414 g/mol. The van der Waals surface area contributed by atoms with Crippen LogP contribution in [0.2, 0.25) is 0 Å². The van der Waals surface area contributed by atoms with Crippen molar-refractivity contribution >= 4 is 23.4 Å². The van der Waals surface area contributed by atoms with Gasteiger partial charge in [0.1, 0.15) is 6.04 Å². The molecule has 1 aromatic carbocycles. The average Bonchev–Trinajstić information content (AvgIpc) is 2.77. The molecule has 4 rings (SSSR count). The highest BCUT2D eigenvalue weighted by atomic mass is 16.2. The molecule has 3 amide bonds. The molecule has 3 aliphatic heterocycles. The van der Waals surface area contributed by atoms with Gasteiger partial charge in [-0.05, 0) is 56.5 Å². The monoisotopic (exact) mass is 413 g/mol. The summed E-state index contributed by atoms with van der Waals surface area (Å²) < 4.78 is 0. The Morgan fingerprint density at radius 1 is 1.07 bits per heavy atom. The highest BCUT2D eigenvalue weighted by molar-refractivity contribution is 6.04. The maximum atomic E-state index is 12.6. The van der Waals surface area contributed by atoms with Crippen molar-refractivity contribution in [1.82, 2.24) is 20.9 Å². The van der Waals surface area contributed by atoms with Crippen molar-refractivity contribution in [3.63, 3.8) is 0 Å². The standard InChI is InChI=1S/C22H31N5O3/c28-20-5-4-19(22(30)25-20)24-21(29)17-2-1-3-18(14-17)27-12-10-26(11-13-27)15-16-6-8-23-9-7-16/h1-3,14,16,19,23H,4-13,15H2,(H,24,29)(H,25,28,30). The second-order valence-electron chi connectivity index (χ2n) is 8.51. The minimum Gasteiger partial charge on any atom is -0.369 e. The van der Waals surface area contributed by atoms with Crippen LogP contribution in [0.5, 0.6) is 0 Å². The molecular weight excluding hydrogens is 382 g/mol. The van der Waals surface area contributed by atoms with Crippen LogP contribution in [0.15, 0.2) is 24.3 Å². The molecule has 3 saturated heterocycles. The van der Waals surface area contributed by atoms with E-state index in [0.717, 1.165) is 50.9 Å². The van der Waals surface area contributed by atoms with Crippen molar-refractivity contribution < 1.29 is 14.4 Å². The second-order valence-corrected chi connectivity index (χ2v) is 8.51. The number of hydrogen-bond acceptors (Lipinski definition) is 6. The van der Waals surface area contributed by atoms with Gasteiger partial charge in [-0.15, -0.1) is 0 Å². The van der Waals surface area contributed by atoms with E-state index in [-0.39, 0.29) is 18.2 Å². The lowest BCUT2D eigenvalue weighted by molar-refractivity contribution is -0.134. The van der Waals surface area contributed by atoms with E-state index in [0.29, 0.717) is 12.0 Å². The van der Waals surface area contributed by atoms with Crippen LogP contribution in [0.4, 0.5) is 5.69 Å². The summed E-state index contributed by atoms with van der Waals surface area (Å²) in [4.78, 5) is 40.7. The van der Waals surface area contributed by atoms with Gasteiger partial charge in [-0.3, -0.25) is 24.6 Å². The Morgan fingerprint density at radius 2 is 1.83 bits per heavy atom. The second kappa shape index (κ2) is 9.57. The van der Waals surface area contributed by atoms with Gasteiger partial charge in [0.25, 0.3) is 5.91 Å². The maximum absolute atomic E-state index is 12.6. The number of nitrogens with one attached hydrogen (secondary N) is 3. The van der Waals surface area contributed by atoms with E-state index < -0.39 is 11.9 Å². The summed E-state index contributed by atoms with van der Waals surface area (Å²) in [5.41, 5.74) is 1.57. The predicted octanol–water partition coefficient (Wildman–Crippen LogP) is 0.343. The molecule has 8 heteroatoms. The number of piperazine rings is 1. The quantitative estimate of drug-likeness (QED) is 0.603. The molecule has 0 radical (unpaired) electrons. The Balaban J connectivity index is 1.30. The van der Waals surface area contributed by atoms with Crippen LogP contribution >= 0.6 is 0 Å². The fraction of sp³-hybridized carbons (Fsp3) is 0.591. The fourth-order valence-electron chi connectivity index (χ4n) is 4.53. The summed E-state index contributed by atoms with van der Waals surface area (Å²) in [6.45, 7) is 7.43. The smallest absolute Gasteiger partial charge is 0.252 e. The molecule has 0 bridgehead atoms. The third-order valence-corrected chi connectivity index (χ3v) is 6.37. The molecule has 1 aromatic rings. The number of hydrogen-bond donors (Lipinski definition) is 3. The SMILES string of the molecule is O=C1CCC(NC(=O)c2cccc(N3CCN(CC4CCNCC4)CC3)c2)C(=O)N1. The van der Waals surface area contributed by atoms with Crippen LogP contribution in [0.3, 0.4) is 0 Å². The van der Waals surface area contributed by atoms with Crippen LogP contribution < -0.4 is 20.9 Å². The molecule has 1 atom stereocenters. The van der Waals surface area contributed by atoms with Gasteiger partial charge in [0.15, 0.2) is 0 Å². The first-order chi connectivity index (χ1) is 14.6. The van der Waals surface area contributed by atoms with E-state index in [2.05, 4.69) is 25.8 Å². The molecule has 3 aliphatic rings. The largest absolute Gasteiger partial charge is 0.369 e.